The fourth-order valence-electron chi connectivity index (χ4n) is 5.86. The number of likely N-dealkylation sites (N-methyl/N-ethyl adjacent to an activating group) is 1. The van der Waals surface area contributed by atoms with E-state index in [2.05, 4.69) is 103 Å². The Morgan fingerprint density at radius 3 is 2.02 bits per heavy atom. The van der Waals surface area contributed by atoms with Crippen LogP contribution in [0.2, 0.25) is 0 Å². The van der Waals surface area contributed by atoms with E-state index in [4.69, 9.17) is 20.3 Å². The second-order valence-electron chi connectivity index (χ2n) is 14.2. The summed E-state index contributed by atoms with van der Waals surface area (Å²) in [5.74, 6) is 0.748. The molecule has 2 aromatic carbocycles. The maximum atomic E-state index is 10.5. The molecule has 0 aliphatic heterocycles. The standard InChI is InChI=1S/C27H42NO2.C8H15NO2.ClH/c1-26(2,3)22-27(4,5)24-13-15-25(16-14-24)30-20-19-29-18-17-28(6,7)21-23-11-9-8-10-12-23;9-5-6-1-3-7(4-2-6)8(10)11;/h8-16H,17-22H2,1-7H3;6-7H,1-5,9H2,(H,10,11);1H/q+1;;/p-1/t;6-,7-;. The number of carboxylic acid groups (broad SMARTS) is 1. The summed E-state index contributed by atoms with van der Waals surface area (Å²) in [6.07, 6.45) is 4.77. The predicted molar refractivity (Wildman–Crippen MR) is 169 cm³/mol. The van der Waals surface area contributed by atoms with Crippen molar-refractivity contribution < 1.29 is 36.3 Å². The zero-order chi connectivity index (χ0) is 30.5. The number of carbonyl (C=O) groups is 1. The number of benzene rings is 2. The average molecular weight is 605 g/mol. The van der Waals surface area contributed by atoms with Gasteiger partial charge >= 0.3 is 5.97 Å². The van der Waals surface area contributed by atoms with Crippen molar-refractivity contribution in [2.75, 3.05) is 47.0 Å². The zero-order valence-electron chi connectivity index (χ0n) is 27.2. The van der Waals surface area contributed by atoms with Crippen LogP contribution in [0, 0.1) is 17.3 Å². The summed E-state index contributed by atoms with van der Waals surface area (Å²) >= 11 is 0. The number of hydrogen-bond donors (Lipinski definition) is 2. The monoisotopic (exact) mass is 604 g/mol. The van der Waals surface area contributed by atoms with Crippen LogP contribution in [0.25, 0.3) is 0 Å². The van der Waals surface area contributed by atoms with Gasteiger partial charge in [-0.15, -0.1) is 0 Å². The predicted octanol–water partition coefficient (Wildman–Crippen LogP) is 3.91. The number of carboxylic acids is 1. The first-order valence-electron chi connectivity index (χ1n) is 15.3. The lowest BCUT2D eigenvalue weighted by Gasteiger charge is -2.33. The molecular formula is C35H57ClN2O4. The smallest absolute Gasteiger partial charge is 0.306 e. The quantitative estimate of drug-likeness (QED) is 0.268. The van der Waals surface area contributed by atoms with E-state index >= 15 is 0 Å². The van der Waals surface area contributed by atoms with Gasteiger partial charge in [0.2, 0.25) is 0 Å². The molecule has 0 unspecified atom stereocenters. The highest BCUT2D eigenvalue weighted by Gasteiger charge is 2.27. The molecule has 1 saturated carbocycles. The van der Waals surface area contributed by atoms with E-state index in [9.17, 15) is 4.79 Å². The summed E-state index contributed by atoms with van der Waals surface area (Å²) in [5, 5.41) is 8.67. The van der Waals surface area contributed by atoms with Gasteiger partial charge in [0.1, 0.15) is 25.4 Å². The molecule has 0 saturated heterocycles. The molecule has 0 radical (unpaired) electrons. The molecule has 6 nitrogen and oxygen atoms in total. The van der Waals surface area contributed by atoms with Crippen molar-refractivity contribution in [2.24, 2.45) is 23.0 Å². The molecule has 0 bridgehead atoms. The van der Waals surface area contributed by atoms with Crippen molar-refractivity contribution in [2.45, 2.75) is 78.7 Å². The number of rotatable bonds is 13. The second-order valence-corrected chi connectivity index (χ2v) is 14.2. The van der Waals surface area contributed by atoms with Gasteiger partial charge in [0.25, 0.3) is 0 Å². The molecule has 1 aliphatic rings. The summed E-state index contributed by atoms with van der Waals surface area (Å²) in [7, 11) is 4.49. The number of nitrogens with two attached hydrogens (primary N) is 1. The molecule has 3 rings (SSSR count). The molecule has 0 heterocycles. The van der Waals surface area contributed by atoms with Crippen LogP contribution < -0.4 is 22.9 Å². The molecule has 0 amide bonds. The third-order valence-corrected chi connectivity index (χ3v) is 7.93. The Morgan fingerprint density at radius 1 is 0.905 bits per heavy atom. The molecule has 1 fully saturated rings. The van der Waals surface area contributed by atoms with E-state index in [0.717, 1.165) is 62.0 Å². The van der Waals surface area contributed by atoms with Gasteiger partial charge in [-0.1, -0.05) is 77.1 Å². The third-order valence-electron chi connectivity index (χ3n) is 7.93. The normalized spacial score (nSPS) is 17.4. The summed E-state index contributed by atoms with van der Waals surface area (Å²) in [6, 6.07) is 19.2. The van der Waals surface area contributed by atoms with Crippen molar-refractivity contribution >= 4 is 5.97 Å². The Balaban J connectivity index is 0.000000617. The van der Waals surface area contributed by atoms with E-state index in [1.165, 1.54) is 11.1 Å². The van der Waals surface area contributed by atoms with Crippen molar-refractivity contribution in [3.8, 4) is 5.75 Å². The van der Waals surface area contributed by atoms with Gasteiger partial charge in [-0.3, -0.25) is 4.79 Å². The van der Waals surface area contributed by atoms with Crippen molar-refractivity contribution in [3.05, 3.63) is 65.7 Å². The Kier molecular flexibility index (Phi) is 16.1. The number of hydrogen-bond acceptors (Lipinski definition) is 4. The third kappa shape index (κ3) is 14.9. The number of nitrogens with zero attached hydrogens (tertiary/aromatic N) is 1. The molecule has 0 spiro atoms. The summed E-state index contributed by atoms with van der Waals surface area (Å²) in [6.45, 7) is 16.2. The molecule has 7 heteroatoms. The van der Waals surface area contributed by atoms with Crippen molar-refractivity contribution in [1.82, 2.24) is 0 Å². The lowest BCUT2D eigenvalue weighted by Crippen LogP contribution is -3.00. The van der Waals surface area contributed by atoms with Crippen LogP contribution in [-0.2, 0) is 21.5 Å². The van der Waals surface area contributed by atoms with Crippen LogP contribution in [0.1, 0.15) is 77.8 Å². The van der Waals surface area contributed by atoms with E-state index in [-0.39, 0.29) is 23.7 Å². The van der Waals surface area contributed by atoms with E-state index in [1.807, 2.05) is 0 Å². The van der Waals surface area contributed by atoms with Gasteiger partial charge in [0, 0.05) is 5.56 Å². The fourth-order valence-corrected chi connectivity index (χ4v) is 5.86. The molecule has 3 N–H and O–H groups in total. The van der Waals surface area contributed by atoms with Crippen LogP contribution in [0.4, 0.5) is 0 Å². The molecule has 0 aromatic heterocycles. The minimum absolute atomic E-state index is 0. The van der Waals surface area contributed by atoms with Crippen LogP contribution in [0.3, 0.4) is 0 Å². The molecule has 2 aromatic rings. The lowest BCUT2D eigenvalue weighted by atomic mass is 9.72. The topological polar surface area (TPSA) is 81.8 Å². The Hall–Kier alpha value is -2.12. The van der Waals surface area contributed by atoms with Gasteiger partial charge in [-0.2, -0.15) is 0 Å². The van der Waals surface area contributed by atoms with Gasteiger partial charge in [0.15, 0.2) is 0 Å². The van der Waals surface area contributed by atoms with Gasteiger partial charge in [0.05, 0.1) is 33.2 Å². The summed E-state index contributed by atoms with van der Waals surface area (Å²) in [4.78, 5) is 10.5. The SMILES string of the molecule is CC(C)(C)CC(C)(C)c1ccc(OCCOCC[N+](C)(C)Cc2ccccc2)cc1.NC[C@H]1CC[C@H](C(=O)O)CC1.[Cl-]. The first-order chi connectivity index (χ1) is 19.2. The van der Waals surface area contributed by atoms with Crippen LogP contribution >= 0.6 is 0 Å². The van der Waals surface area contributed by atoms with Gasteiger partial charge in [-0.25, -0.2) is 0 Å². The Morgan fingerprint density at radius 2 is 1.50 bits per heavy atom. The summed E-state index contributed by atoms with van der Waals surface area (Å²) in [5.41, 5.74) is 8.67. The fraction of sp³-hybridized carbons (Fsp3) is 0.629. The largest absolute Gasteiger partial charge is 1.00 e. The minimum atomic E-state index is -0.638. The highest BCUT2D eigenvalue weighted by Crippen LogP contribution is 2.36. The molecular weight excluding hydrogens is 548 g/mol. The summed E-state index contributed by atoms with van der Waals surface area (Å²) < 4.78 is 12.6. The van der Waals surface area contributed by atoms with Crippen LogP contribution in [-0.4, -0.2) is 62.6 Å². The molecule has 1 aliphatic carbocycles. The zero-order valence-corrected chi connectivity index (χ0v) is 28.0. The Labute approximate surface area is 262 Å². The minimum Gasteiger partial charge on any atom is -1.00 e. The number of quaternary nitrogens is 1. The van der Waals surface area contributed by atoms with Gasteiger partial charge < -0.3 is 37.2 Å². The van der Waals surface area contributed by atoms with Crippen molar-refractivity contribution in [3.63, 3.8) is 0 Å². The van der Waals surface area contributed by atoms with E-state index in [0.29, 0.717) is 31.1 Å². The van der Waals surface area contributed by atoms with E-state index < -0.39 is 5.97 Å². The number of halogens is 1. The lowest BCUT2D eigenvalue weighted by molar-refractivity contribution is -0.904. The number of aliphatic carboxylic acids is 1. The van der Waals surface area contributed by atoms with Crippen LogP contribution in [0.15, 0.2) is 54.6 Å². The van der Waals surface area contributed by atoms with Gasteiger partial charge in [-0.05, 0) is 73.1 Å². The van der Waals surface area contributed by atoms with Crippen LogP contribution in [0.5, 0.6) is 5.75 Å². The van der Waals surface area contributed by atoms with E-state index in [1.54, 1.807) is 0 Å². The maximum Gasteiger partial charge on any atom is 0.306 e. The Bertz CT molecular complexity index is 1010. The number of ether oxygens (including phenoxy) is 2. The first kappa shape index (κ1) is 37.9. The first-order valence-corrected chi connectivity index (χ1v) is 15.3. The highest BCUT2D eigenvalue weighted by molar-refractivity contribution is 5.69. The molecule has 238 valence electrons. The van der Waals surface area contributed by atoms with Crippen molar-refractivity contribution in [1.29, 1.82) is 0 Å². The average Bonchev–Trinajstić information content (AvgIpc) is 2.90. The molecule has 0 atom stereocenters. The second kappa shape index (κ2) is 17.9. The molecule has 42 heavy (non-hydrogen) atoms. The highest BCUT2D eigenvalue weighted by atomic mass is 35.5. The maximum absolute atomic E-state index is 10.5.